The zero-order valence-corrected chi connectivity index (χ0v) is 23.4. The standard InChI is InChI=1S/C33H31FN2O7/c1-3-31(37)41-17-7-5-4-6-16-40-27-12-10-24(11-13-27)33(39)43-30-19-25(20-35)29(18-26(30)21-36)23-8-14-28(15-9-23)42-32(38)22(2)34/h3,8-15,18-21,35-36H,1-2,4-7,16-17H2. The summed E-state index contributed by atoms with van der Waals surface area (Å²) < 4.78 is 34.0. The molecule has 10 heteroatoms. The van der Waals surface area contributed by atoms with Gasteiger partial charge in [-0.2, -0.15) is 4.39 Å². The summed E-state index contributed by atoms with van der Waals surface area (Å²) in [6, 6.07) is 15.7. The van der Waals surface area contributed by atoms with Gasteiger partial charge in [0, 0.05) is 29.6 Å². The van der Waals surface area contributed by atoms with Gasteiger partial charge in [-0.25, -0.2) is 14.4 Å². The fourth-order valence-corrected chi connectivity index (χ4v) is 3.87. The van der Waals surface area contributed by atoms with E-state index >= 15 is 0 Å². The minimum absolute atomic E-state index is 0.105. The van der Waals surface area contributed by atoms with Crippen LogP contribution in [0, 0.1) is 10.8 Å². The van der Waals surface area contributed by atoms with Gasteiger partial charge >= 0.3 is 17.9 Å². The third-order valence-electron chi connectivity index (χ3n) is 6.10. The number of rotatable bonds is 16. The summed E-state index contributed by atoms with van der Waals surface area (Å²) in [5.41, 5.74) is 2.19. The Labute approximate surface area is 248 Å². The summed E-state index contributed by atoms with van der Waals surface area (Å²) in [5, 5.41) is 15.7. The predicted octanol–water partition coefficient (Wildman–Crippen LogP) is 6.63. The van der Waals surface area contributed by atoms with E-state index in [1.54, 1.807) is 42.5 Å². The zero-order valence-electron chi connectivity index (χ0n) is 23.4. The van der Waals surface area contributed by atoms with E-state index in [4.69, 9.17) is 29.8 Å². The number of carbonyl (C=O) groups is 3. The number of carbonyl (C=O) groups excluding carboxylic acids is 3. The van der Waals surface area contributed by atoms with Crippen LogP contribution in [0.5, 0.6) is 17.2 Å². The Morgan fingerprint density at radius 2 is 1.42 bits per heavy atom. The lowest BCUT2D eigenvalue weighted by molar-refractivity contribution is -0.137. The van der Waals surface area contributed by atoms with Gasteiger partial charge in [0.15, 0.2) is 0 Å². The quantitative estimate of drug-likeness (QED) is 0.0632. The number of benzene rings is 3. The normalized spacial score (nSPS) is 10.3. The molecular weight excluding hydrogens is 555 g/mol. The first-order valence-electron chi connectivity index (χ1n) is 13.4. The van der Waals surface area contributed by atoms with Crippen molar-refractivity contribution in [2.45, 2.75) is 25.7 Å². The topological polar surface area (TPSA) is 136 Å². The van der Waals surface area contributed by atoms with E-state index in [0.29, 0.717) is 41.2 Å². The molecule has 0 bridgehead atoms. The Morgan fingerprint density at radius 3 is 2.02 bits per heavy atom. The molecule has 2 N–H and O–H groups in total. The smallest absolute Gasteiger partial charge is 0.371 e. The lowest BCUT2D eigenvalue weighted by atomic mass is 9.97. The Balaban J connectivity index is 1.59. The van der Waals surface area contributed by atoms with Crippen LogP contribution in [-0.2, 0) is 14.3 Å². The molecule has 0 saturated carbocycles. The van der Waals surface area contributed by atoms with Crippen molar-refractivity contribution in [1.29, 1.82) is 10.8 Å². The molecule has 3 aromatic carbocycles. The molecule has 0 spiro atoms. The second-order valence-corrected chi connectivity index (χ2v) is 9.13. The molecule has 0 fully saturated rings. The zero-order chi connectivity index (χ0) is 31.2. The maximum atomic E-state index is 12.9. The molecule has 0 aliphatic carbocycles. The first kappa shape index (κ1) is 32.1. The van der Waals surface area contributed by atoms with Crippen molar-refractivity contribution in [3.8, 4) is 28.4 Å². The van der Waals surface area contributed by atoms with Crippen molar-refractivity contribution in [2.24, 2.45) is 0 Å². The summed E-state index contributed by atoms with van der Waals surface area (Å²) >= 11 is 0. The van der Waals surface area contributed by atoms with Crippen LogP contribution >= 0.6 is 0 Å². The molecule has 0 amide bonds. The third-order valence-corrected chi connectivity index (χ3v) is 6.10. The van der Waals surface area contributed by atoms with Crippen LogP contribution in [0.15, 0.2) is 85.7 Å². The molecule has 0 atom stereocenters. The van der Waals surface area contributed by atoms with Crippen molar-refractivity contribution in [2.75, 3.05) is 13.2 Å². The van der Waals surface area contributed by atoms with Crippen LogP contribution in [0.4, 0.5) is 4.39 Å². The summed E-state index contributed by atoms with van der Waals surface area (Å²) in [7, 11) is 0. The Bertz CT molecular complexity index is 1500. The van der Waals surface area contributed by atoms with Gasteiger partial charge in [0.2, 0.25) is 5.83 Å². The molecular formula is C33H31FN2O7. The average Bonchev–Trinajstić information content (AvgIpc) is 3.02. The van der Waals surface area contributed by atoms with Crippen molar-refractivity contribution >= 4 is 30.3 Å². The van der Waals surface area contributed by atoms with Gasteiger partial charge in [-0.05, 0) is 85.3 Å². The first-order valence-corrected chi connectivity index (χ1v) is 13.4. The number of hydrogen-bond acceptors (Lipinski definition) is 9. The number of esters is 3. The number of unbranched alkanes of at least 4 members (excludes halogenated alkanes) is 3. The predicted molar refractivity (Wildman–Crippen MR) is 160 cm³/mol. The third kappa shape index (κ3) is 9.60. The van der Waals surface area contributed by atoms with E-state index in [0.717, 1.165) is 44.2 Å². The maximum Gasteiger partial charge on any atom is 0.371 e. The lowest BCUT2D eigenvalue weighted by Gasteiger charge is -2.13. The van der Waals surface area contributed by atoms with Crippen LogP contribution in [-0.4, -0.2) is 43.6 Å². The monoisotopic (exact) mass is 586 g/mol. The molecule has 0 heterocycles. The second kappa shape index (κ2) is 16.2. The highest BCUT2D eigenvalue weighted by Crippen LogP contribution is 2.31. The van der Waals surface area contributed by atoms with Crippen molar-refractivity contribution < 1.29 is 37.7 Å². The Hall–Kier alpha value is -5.38. The van der Waals surface area contributed by atoms with Crippen molar-refractivity contribution in [3.05, 3.63) is 102 Å². The van der Waals surface area contributed by atoms with E-state index in [9.17, 15) is 18.8 Å². The Kier molecular flexibility index (Phi) is 12.1. The minimum atomic E-state index is -1.22. The molecule has 0 aromatic heterocycles. The van der Waals surface area contributed by atoms with Crippen molar-refractivity contribution in [1.82, 2.24) is 0 Å². The highest BCUT2D eigenvalue weighted by Gasteiger charge is 2.16. The van der Waals surface area contributed by atoms with E-state index in [1.165, 1.54) is 18.2 Å². The van der Waals surface area contributed by atoms with Crippen LogP contribution in [0.3, 0.4) is 0 Å². The highest BCUT2D eigenvalue weighted by atomic mass is 19.1. The summed E-state index contributed by atoms with van der Waals surface area (Å²) in [6.07, 6.45) is 6.67. The lowest BCUT2D eigenvalue weighted by Crippen LogP contribution is -2.10. The van der Waals surface area contributed by atoms with Gasteiger partial charge < -0.3 is 29.8 Å². The van der Waals surface area contributed by atoms with E-state index < -0.39 is 23.7 Å². The first-order chi connectivity index (χ1) is 20.7. The minimum Gasteiger partial charge on any atom is -0.494 e. The molecule has 9 nitrogen and oxygen atoms in total. The maximum absolute atomic E-state index is 12.9. The molecule has 0 saturated heterocycles. The second-order valence-electron chi connectivity index (χ2n) is 9.13. The van der Waals surface area contributed by atoms with Crippen LogP contribution in [0.1, 0.15) is 47.2 Å². The molecule has 0 aliphatic heterocycles. The molecule has 3 aromatic rings. The molecule has 222 valence electrons. The molecule has 0 radical (unpaired) electrons. The van der Waals surface area contributed by atoms with E-state index in [-0.39, 0.29) is 17.1 Å². The van der Waals surface area contributed by atoms with E-state index in [1.807, 2.05) is 0 Å². The van der Waals surface area contributed by atoms with Gasteiger partial charge in [-0.3, -0.25) is 0 Å². The summed E-state index contributed by atoms with van der Waals surface area (Å²) in [5.74, 6) is -2.66. The summed E-state index contributed by atoms with van der Waals surface area (Å²) in [6.45, 7) is 7.11. The van der Waals surface area contributed by atoms with Gasteiger partial charge in [-0.1, -0.05) is 25.3 Å². The SMILES string of the molecule is C=CC(=O)OCCCCCCOc1ccc(C(=O)Oc2cc(C=N)c(-c3ccc(OC(=O)C(=C)F)cc3)cc2C=N)cc1. The molecule has 0 aliphatic rings. The number of nitrogens with one attached hydrogen (secondary N) is 2. The fraction of sp³-hybridized carbons (Fsp3) is 0.182. The van der Waals surface area contributed by atoms with Gasteiger partial charge in [0.25, 0.3) is 0 Å². The average molecular weight is 587 g/mol. The molecule has 0 unspecified atom stereocenters. The molecule has 3 rings (SSSR count). The van der Waals surface area contributed by atoms with Crippen LogP contribution in [0.25, 0.3) is 11.1 Å². The number of hydrogen-bond donors (Lipinski definition) is 2. The fourth-order valence-electron chi connectivity index (χ4n) is 3.87. The van der Waals surface area contributed by atoms with Crippen LogP contribution < -0.4 is 14.2 Å². The van der Waals surface area contributed by atoms with Crippen molar-refractivity contribution in [3.63, 3.8) is 0 Å². The van der Waals surface area contributed by atoms with Crippen LogP contribution in [0.2, 0.25) is 0 Å². The largest absolute Gasteiger partial charge is 0.494 e. The van der Waals surface area contributed by atoms with Gasteiger partial charge in [0.05, 0.1) is 18.8 Å². The summed E-state index contributed by atoms with van der Waals surface area (Å²) in [4.78, 5) is 35.3. The molecule has 43 heavy (non-hydrogen) atoms. The van der Waals surface area contributed by atoms with E-state index in [2.05, 4.69) is 13.2 Å². The van der Waals surface area contributed by atoms with Gasteiger partial charge in [0.1, 0.15) is 17.2 Å². The number of halogens is 1. The Morgan fingerprint density at radius 1 is 0.791 bits per heavy atom. The number of ether oxygens (including phenoxy) is 4. The highest BCUT2D eigenvalue weighted by molar-refractivity contribution is 5.97. The van der Waals surface area contributed by atoms with Gasteiger partial charge in [-0.15, -0.1) is 0 Å².